The fourth-order valence-corrected chi connectivity index (χ4v) is 3.98. The Balaban J connectivity index is 1.50. The summed E-state index contributed by atoms with van der Waals surface area (Å²) in [5, 5.41) is 16.1. The second-order valence-electron chi connectivity index (χ2n) is 7.60. The lowest BCUT2D eigenvalue weighted by atomic mass is 9.99. The van der Waals surface area contributed by atoms with Crippen molar-refractivity contribution in [3.8, 4) is 0 Å². The first kappa shape index (κ1) is 20.5. The zero-order valence-electron chi connectivity index (χ0n) is 16.7. The van der Waals surface area contributed by atoms with Crippen LogP contribution in [-0.2, 0) is 9.59 Å². The Hall–Kier alpha value is -3.81. The van der Waals surface area contributed by atoms with Gasteiger partial charge in [-0.3, -0.25) is 19.7 Å². The van der Waals surface area contributed by atoms with Gasteiger partial charge in [0.25, 0.3) is 0 Å². The molecule has 31 heavy (non-hydrogen) atoms. The average molecular weight is 421 g/mol. The molecule has 3 aromatic rings. The number of anilines is 1. The quantitative estimate of drug-likeness (QED) is 0.496. The number of nitro groups is 1. The minimum Gasteiger partial charge on any atom is -0.349 e. The largest absolute Gasteiger partial charge is 0.349 e. The van der Waals surface area contributed by atoms with Crippen molar-refractivity contribution in [2.75, 3.05) is 11.4 Å². The van der Waals surface area contributed by atoms with Crippen LogP contribution in [0.3, 0.4) is 0 Å². The van der Waals surface area contributed by atoms with Crippen LogP contribution in [0.2, 0.25) is 0 Å². The van der Waals surface area contributed by atoms with Crippen molar-refractivity contribution in [3.63, 3.8) is 0 Å². The third-order valence-electron chi connectivity index (χ3n) is 5.58. The molecule has 0 radical (unpaired) electrons. The number of fused-ring (bicyclic) bond motifs is 1. The molecule has 1 aliphatic heterocycles. The van der Waals surface area contributed by atoms with E-state index in [1.807, 2.05) is 49.4 Å². The van der Waals surface area contributed by atoms with Crippen LogP contribution in [0, 0.1) is 21.8 Å². The van der Waals surface area contributed by atoms with Gasteiger partial charge in [0, 0.05) is 19.0 Å². The maximum absolute atomic E-state index is 13.6. The lowest BCUT2D eigenvalue weighted by molar-refractivity contribution is -0.387. The molecule has 0 aliphatic carbocycles. The van der Waals surface area contributed by atoms with E-state index in [1.54, 1.807) is 0 Å². The van der Waals surface area contributed by atoms with Gasteiger partial charge in [0.05, 0.1) is 22.6 Å². The van der Waals surface area contributed by atoms with Gasteiger partial charge >= 0.3 is 5.69 Å². The van der Waals surface area contributed by atoms with Crippen molar-refractivity contribution in [1.29, 1.82) is 0 Å². The predicted molar refractivity (Wildman–Crippen MR) is 114 cm³/mol. The van der Waals surface area contributed by atoms with Gasteiger partial charge in [-0.25, -0.2) is 0 Å². The number of nitrogens with zero attached hydrogens (tertiary/aromatic N) is 2. The molecule has 2 unspecified atom stereocenters. The number of hydrogen-bond acceptors (Lipinski definition) is 4. The molecule has 1 saturated heterocycles. The van der Waals surface area contributed by atoms with Crippen molar-refractivity contribution < 1.29 is 18.9 Å². The summed E-state index contributed by atoms with van der Waals surface area (Å²) in [4.78, 5) is 36.8. The van der Waals surface area contributed by atoms with Crippen molar-refractivity contribution in [1.82, 2.24) is 5.32 Å². The molecule has 7 nitrogen and oxygen atoms in total. The number of carbonyl (C=O) groups is 2. The van der Waals surface area contributed by atoms with Crippen LogP contribution < -0.4 is 10.2 Å². The Morgan fingerprint density at radius 3 is 2.71 bits per heavy atom. The summed E-state index contributed by atoms with van der Waals surface area (Å²) in [7, 11) is 0. The highest BCUT2D eigenvalue weighted by atomic mass is 19.1. The van der Waals surface area contributed by atoms with E-state index in [2.05, 4.69) is 5.32 Å². The number of rotatable bonds is 5. The van der Waals surface area contributed by atoms with Gasteiger partial charge in [-0.05, 0) is 35.4 Å². The molecule has 1 fully saturated rings. The molecule has 8 heteroatoms. The van der Waals surface area contributed by atoms with E-state index in [9.17, 15) is 24.1 Å². The average Bonchev–Trinajstić information content (AvgIpc) is 3.15. The molecular weight excluding hydrogens is 401 g/mol. The first-order valence-corrected chi connectivity index (χ1v) is 9.87. The maximum atomic E-state index is 13.6. The summed E-state index contributed by atoms with van der Waals surface area (Å²) < 4.78 is 13.6. The monoisotopic (exact) mass is 421 g/mol. The van der Waals surface area contributed by atoms with E-state index >= 15 is 0 Å². The molecule has 1 aliphatic rings. The van der Waals surface area contributed by atoms with E-state index in [0.717, 1.165) is 28.5 Å². The summed E-state index contributed by atoms with van der Waals surface area (Å²) >= 11 is 0. The number of hydrogen-bond donors (Lipinski definition) is 1. The van der Waals surface area contributed by atoms with Crippen LogP contribution in [0.4, 0.5) is 15.8 Å². The first-order chi connectivity index (χ1) is 14.8. The van der Waals surface area contributed by atoms with Crippen molar-refractivity contribution in [2.24, 2.45) is 5.92 Å². The molecule has 0 saturated carbocycles. The Bertz CT molecular complexity index is 1190. The maximum Gasteiger partial charge on any atom is 0.306 e. The minimum atomic E-state index is -0.974. The van der Waals surface area contributed by atoms with E-state index in [0.29, 0.717) is 0 Å². The fraction of sp³-hybridized carbons (Fsp3) is 0.217. The van der Waals surface area contributed by atoms with Gasteiger partial charge in [-0.2, -0.15) is 4.39 Å². The number of amides is 2. The molecule has 0 spiro atoms. The van der Waals surface area contributed by atoms with E-state index in [-0.39, 0.29) is 36.5 Å². The fourth-order valence-electron chi connectivity index (χ4n) is 3.98. The molecule has 2 amide bonds. The number of carbonyl (C=O) groups excluding carboxylic acids is 2. The number of nitrogens with one attached hydrogen (secondary N) is 1. The molecule has 2 atom stereocenters. The Labute approximate surface area is 177 Å². The number of benzene rings is 3. The SMILES string of the molecule is CC(NC(=O)C1CC(=O)N(c2ccc(F)c([N+](=O)[O-])c2)C1)c1cccc2ccccc12. The second kappa shape index (κ2) is 8.14. The van der Waals surface area contributed by atoms with Crippen LogP contribution in [-0.4, -0.2) is 23.3 Å². The topological polar surface area (TPSA) is 92.6 Å². The van der Waals surface area contributed by atoms with Crippen molar-refractivity contribution in [2.45, 2.75) is 19.4 Å². The van der Waals surface area contributed by atoms with E-state index < -0.39 is 22.3 Å². The molecule has 3 aromatic carbocycles. The zero-order chi connectivity index (χ0) is 22.1. The molecule has 4 rings (SSSR count). The number of nitro benzene ring substituents is 1. The van der Waals surface area contributed by atoms with Crippen molar-refractivity contribution in [3.05, 3.63) is 82.2 Å². The Morgan fingerprint density at radius 2 is 1.94 bits per heavy atom. The third-order valence-corrected chi connectivity index (χ3v) is 5.58. The van der Waals surface area contributed by atoms with Crippen LogP contribution in [0.5, 0.6) is 0 Å². The highest BCUT2D eigenvalue weighted by Crippen LogP contribution is 2.30. The van der Waals surface area contributed by atoms with Gasteiger partial charge in [-0.15, -0.1) is 0 Å². The van der Waals surface area contributed by atoms with Gasteiger partial charge < -0.3 is 10.2 Å². The van der Waals surface area contributed by atoms with Crippen molar-refractivity contribution >= 4 is 34.0 Å². The van der Waals surface area contributed by atoms with E-state index in [4.69, 9.17) is 0 Å². The summed E-state index contributed by atoms with van der Waals surface area (Å²) in [5.74, 6) is -2.18. The van der Waals surface area contributed by atoms with Crippen LogP contribution in [0.1, 0.15) is 24.9 Å². The van der Waals surface area contributed by atoms with Gasteiger partial charge in [-0.1, -0.05) is 42.5 Å². The minimum absolute atomic E-state index is 0.0146. The lowest BCUT2D eigenvalue weighted by Crippen LogP contribution is -2.34. The summed E-state index contributed by atoms with van der Waals surface area (Å²) in [6, 6.07) is 16.8. The standard InChI is InChI=1S/C23H20FN3O4/c1-14(18-8-4-6-15-5-2-3-7-19(15)18)25-23(29)16-11-22(28)26(13-16)17-9-10-20(24)21(12-17)27(30)31/h2-10,12,14,16H,11,13H2,1H3,(H,25,29). The molecule has 0 bridgehead atoms. The summed E-state index contributed by atoms with van der Waals surface area (Å²) in [5.41, 5.74) is 0.472. The van der Waals surface area contributed by atoms with E-state index in [1.165, 1.54) is 11.0 Å². The zero-order valence-corrected chi connectivity index (χ0v) is 16.7. The second-order valence-corrected chi connectivity index (χ2v) is 7.60. The van der Waals surface area contributed by atoms with Gasteiger partial charge in [0.15, 0.2) is 0 Å². The smallest absolute Gasteiger partial charge is 0.306 e. The molecule has 0 aromatic heterocycles. The Morgan fingerprint density at radius 1 is 1.19 bits per heavy atom. The molecule has 158 valence electrons. The van der Waals surface area contributed by atoms with Crippen LogP contribution >= 0.6 is 0 Å². The third kappa shape index (κ3) is 3.96. The van der Waals surface area contributed by atoms with Crippen LogP contribution in [0.15, 0.2) is 60.7 Å². The molecule has 1 N–H and O–H groups in total. The molecule has 1 heterocycles. The predicted octanol–water partition coefficient (Wildman–Crippen LogP) is 4.12. The summed E-state index contributed by atoms with van der Waals surface area (Å²) in [6.45, 7) is 1.97. The number of halogens is 1. The van der Waals surface area contributed by atoms with Gasteiger partial charge in [0.2, 0.25) is 17.6 Å². The lowest BCUT2D eigenvalue weighted by Gasteiger charge is -2.20. The van der Waals surface area contributed by atoms with Gasteiger partial charge in [0.1, 0.15) is 0 Å². The Kier molecular flexibility index (Phi) is 5.37. The van der Waals surface area contributed by atoms with Crippen LogP contribution in [0.25, 0.3) is 10.8 Å². The highest BCUT2D eigenvalue weighted by Gasteiger charge is 2.36. The highest BCUT2D eigenvalue weighted by molar-refractivity contribution is 6.00. The summed E-state index contributed by atoms with van der Waals surface area (Å²) in [6.07, 6.45) is -0.0146. The first-order valence-electron chi connectivity index (χ1n) is 9.87. The normalized spacial score (nSPS) is 17.0. The molecular formula is C23H20FN3O4.